The minimum Gasteiger partial charge on any atom is -0.484 e. The van der Waals surface area contributed by atoms with Crippen molar-refractivity contribution in [1.82, 2.24) is 51.1 Å². The first-order valence-corrected chi connectivity index (χ1v) is 39.2. The summed E-state index contributed by atoms with van der Waals surface area (Å²) in [7, 11) is -7.85. The van der Waals surface area contributed by atoms with Crippen LogP contribution in [0.2, 0.25) is 20.1 Å². The van der Waals surface area contributed by atoms with Crippen LogP contribution in [0.5, 0.6) is 11.5 Å². The van der Waals surface area contributed by atoms with E-state index in [0.29, 0.717) is 83.5 Å². The average molecular weight is 1540 g/mol. The molecule has 0 bridgehead atoms. The second-order valence-corrected chi connectivity index (χ2v) is 33.0. The van der Waals surface area contributed by atoms with E-state index in [2.05, 4.69) is 51.1 Å². The molecule has 2 fully saturated rings. The summed E-state index contributed by atoms with van der Waals surface area (Å²) >= 11 is 26.4. The number of hydrogen-bond acceptors (Lipinski definition) is 18. The summed E-state index contributed by atoms with van der Waals surface area (Å²) in [6.07, 6.45) is 3.89. The molecule has 4 aromatic rings. The Bertz CT molecular complexity index is 3420. The zero-order valence-corrected chi connectivity index (χ0v) is 63.9. The number of hydrogen-bond donors (Lipinski definition) is 8. The number of fused-ring (bicyclic) bond motifs is 2. The number of rotatable bonds is 35. The number of alkyl carbamates (subject to hydrolysis) is 2. The lowest BCUT2D eigenvalue weighted by Crippen LogP contribution is -2.53. The third-order valence-electron chi connectivity index (χ3n) is 17.0. The Morgan fingerprint density at radius 1 is 0.510 bits per heavy atom. The maximum atomic E-state index is 13.4. The fourth-order valence-corrected chi connectivity index (χ4v) is 16.2. The van der Waals surface area contributed by atoms with E-state index in [4.69, 9.17) is 84.3 Å². The number of benzene rings is 4. The minimum absolute atomic E-state index is 0.0516. The van der Waals surface area contributed by atoms with Crippen molar-refractivity contribution in [3.05, 3.63) is 115 Å². The van der Waals surface area contributed by atoms with Crippen LogP contribution in [0.3, 0.4) is 0 Å². The molecule has 2 aliphatic carbocycles. The van der Waals surface area contributed by atoms with E-state index in [1.54, 1.807) is 50.2 Å². The molecule has 0 unspecified atom stereocenters. The number of piperidine rings is 2. The van der Waals surface area contributed by atoms with Gasteiger partial charge in [0, 0.05) is 94.7 Å². The summed E-state index contributed by atoms with van der Waals surface area (Å²) in [5.74, 6) is 0.922. The van der Waals surface area contributed by atoms with Gasteiger partial charge in [-0.15, -0.1) is 0 Å². The first-order valence-electron chi connectivity index (χ1n) is 34.7. The van der Waals surface area contributed by atoms with Crippen LogP contribution in [0, 0.1) is 0 Å². The highest BCUT2D eigenvalue weighted by molar-refractivity contribution is 7.89. The highest BCUT2D eigenvalue weighted by Gasteiger charge is 2.44. The van der Waals surface area contributed by atoms with Gasteiger partial charge in [-0.05, 0) is 204 Å². The van der Waals surface area contributed by atoms with Gasteiger partial charge in [-0.25, -0.2) is 45.5 Å². The van der Waals surface area contributed by atoms with Crippen LogP contribution in [0.15, 0.2) is 82.6 Å². The molecule has 0 radical (unpaired) electrons. The lowest BCUT2D eigenvalue weighted by atomic mass is 10.0. The molecule has 8 atom stereocenters. The standard InChI is InChI=1S/C70H100Cl4N10O16S2/c1-45(81-101(89,90)53-19-15-51(16-20-53)97-63-57-35-47(71)37-59(73)55(57)39-61(63)83-27-11-13-49(41-83)79-67(87)99-69(3,4)5)43-95-33-31-93-29-25-77-65(85)75-23-9-10-24-76-66(86)78-26-30-94-32-34-96-44-46(2)82-102(91,92)54-21-17-52(18-22-54)98-64-58-36-48(72)38-60(74)56(58)40-62(64)84-28-12-14-50(42-84)80-68(88)100-70(6,7)8/h15-22,35-38,45-46,49-50,61-64,81-82H,9-14,23-34,39-44H2,1-8H3,(H,79,87)(H,80,88)(H2,75,77,85)(H2,76,78,86)/t45-,46-,49+,50+,61-,62-,63-,64-/m0/s1. The van der Waals surface area contributed by atoms with Gasteiger partial charge in [0.2, 0.25) is 20.0 Å². The zero-order valence-electron chi connectivity index (χ0n) is 59.3. The van der Waals surface area contributed by atoms with Crippen LogP contribution >= 0.6 is 46.4 Å². The van der Waals surface area contributed by atoms with Crippen LogP contribution in [0.25, 0.3) is 0 Å². The molecule has 0 spiro atoms. The number of carbonyl (C=O) groups is 4. The summed E-state index contributed by atoms with van der Waals surface area (Å²) < 4.78 is 106. The fourth-order valence-electron chi connectivity index (χ4n) is 12.6. The summed E-state index contributed by atoms with van der Waals surface area (Å²) in [6, 6.07) is 17.2. The predicted octanol–water partition coefficient (Wildman–Crippen LogP) is 9.85. The maximum Gasteiger partial charge on any atom is 0.407 e. The third-order valence-corrected chi connectivity index (χ3v) is 21.4. The molecule has 32 heteroatoms. The van der Waals surface area contributed by atoms with Crippen LogP contribution in [-0.2, 0) is 61.3 Å². The number of unbranched alkanes of at least 4 members (excludes halogenated alkanes) is 1. The van der Waals surface area contributed by atoms with E-state index in [1.165, 1.54) is 24.3 Å². The monoisotopic (exact) mass is 1540 g/mol. The molecule has 8 N–H and O–H groups in total. The van der Waals surface area contributed by atoms with E-state index >= 15 is 0 Å². The minimum atomic E-state index is -3.92. The topological polar surface area (TPSA) is 313 Å². The first-order chi connectivity index (χ1) is 48.4. The van der Waals surface area contributed by atoms with Gasteiger partial charge in [0.25, 0.3) is 0 Å². The van der Waals surface area contributed by atoms with Gasteiger partial charge < -0.3 is 69.8 Å². The van der Waals surface area contributed by atoms with Gasteiger partial charge >= 0.3 is 24.2 Å². The van der Waals surface area contributed by atoms with Crippen molar-refractivity contribution in [2.75, 3.05) is 105 Å². The number of nitrogens with one attached hydrogen (secondary N) is 8. The van der Waals surface area contributed by atoms with Crippen molar-refractivity contribution in [1.29, 1.82) is 0 Å². The van der Waals surface area contributed by atoms with Crippen LogP contribution in [-0.4, -0.2) is 204 Å². The molecule has 4 aromatic carbocycles. The molecule has 2 aliphatic heterocycles. The van der Waals surface area contributed by atoms with Gasteiger partial charge in [0.05, 0.1) is 74.7 Å². The van der Waals surface area contributed by atoms with Crippen molar-refractivity contribution in [2.45, 2.75) is 176 Å². The summed E-state index contributed by atoms with van der Waals surface area (Å²) in [5.41, 5.74) is 2.33. The van der Waals surface area contributed by atoms with Gasteiger partial charge in [-0.1, -0.05) is 46.4 Å². The quantitative estimate of drug-likeness (QED) is 0.0199. The van der Waals surface area contributed by atoms with Gasteiger partial charge in [0.1, 0.15) is 34.9 Å². The largest absolute Gasteiger partial charge is 0.484 e. The van der Waals surface area contributed by atoms with Crippen molar-refractivity contribution in [3.8, 4) is 11.5 Å². The molecule has 6 amide bonds. The molecule has 26 nitrogen and oxygen atoms in total. The van der Waals surface area contributed by atoms with Crippen LogP contribution in [0.1, 0.15) is 128 Å². The molecule has 2 heterocycles. The lowest BCUT2D eigenvalue weighted by molar-refractivity contribution is 0.0353. The Kier molecular flexibility index (Phi) is 31.0. The molecule has 8 rings (SSSR count). The SMILES string of the molecule is C[C@@H](COCCOCCNC(=O)NCCCCNC(=O)NCCOCCOC[C@H](C)NS(=O)(=O)c1ccc(O[C@H]2c3cc(Cl)cc(Cl)c3C[C@@H]2N2CCC[C@@H](NC(=O)OC(C)(C)C)C2)cc1)NS(=O)(=O)c1ccc(O[C@H]2c3cc(Cl)cc(Cl)c3C[C@@H]2N2CCC[C@@H](NC(=O)OC(C)(C)C)C2)cc1. The third kappa shape index (κ3) is 26.1. The molecule has 4 aliphatic rings. The highest BCUT2D eigenvalue weighted by Crippen LogP contribution is 2.45. The van der Waals surface area contributed by atoms with E-state index < -0.39 is 67.7 Å². The summed E-state index contributed by atoms with van der Waals surface area (Å²) in [6.45, 7) is 19.8. The maximum absolute atomic E-state index is 13.4. The molecule has 2 saturated heterocycles. The fraction of sp³-hybridized carbons (Fsp3) is 0.600. The molecule has 0 saturated carbocycles. The molecule has 0 aromatic heterocycles. The zero-order chi connectivity index (χ0) is 73.8. The number of sulfonamides is 2. The van der Waals surface area contributed by atoms with Crippen molar-refractivity contribution in [3.63, 3.8) is 0 Å². The number of nitrogens with zero attached hydrogens (tertiary/aromatic N) is 2. The number of ether oxygens (including phenoxy) is 8. The number of carbonyl (C=O) groups excluding carboxylic acids is 4. The summed E-state index contributed by atoms with van der Waals surface area (Å²) in [5, 5.41) is 19.1. The van der Waals surface area contributed by atoms with E-state index in [0.717, 1.165) is 61.0 Å². The molecular formula is C70H100Cl4N10O16S2. The second kappa shape index (κ2) is 38.5. The first kappa shape index (κ1) is 82.0. The number of halogens is 4. The normalized spacial score (nSPS) is 20.1. The Morgan fingerprint density at radius 3 is 1.25 bits per heavy atom. The molecule has 102 heavy (non-hydrogen) atoms. The van der Waals surface area contributed by atoms with Gasteiger partial charge in [-0.3, -0.25) is 9.80 Å². The van der Waals surface area contributed by atoms with E-state index in [1.807, 2.05) is 53.7 Å². The lowest BCUT2D eigenvalue weighted by Gasteiger charge is -2.39. The van der Waals surface area contributed by atoms with E-state index in [9.17, 15) is 36.0 Å². The van der Waals surface area contributed by atoms with Crippen LogP contribution < -0.4 is 50.8 Å². The van der Waals surface area contributed by atoms with Gasteiger partial charge in [-0.2, -0.15) is 0 Å². The molecule has 566 valence electrons. The number of likely N-dealkylation sites (tertiary alicyclic amines) is 2. The number of urea groups is 2. The average Bonchev–Trinajstić information content (AvgIpc) is 1.62. The Labute approximate surface area is 620 Å². The van der Waals surface area contributed by atoms with Gasteiger partial charge in [0.15, 0.2) is 0 Å². The van der Waals surface area contributed by atoms with Crippen LogP contribution in [0.4, 0.5) is 19.2 Å². The molecular weight excluding hydrogens is 1440 g/mol. The van der Waals surface area contributed by atoms with Crippen molar-refractivity contribution >= 4 is 90.7 Å². The smallest absolute Gasteiger partial charge is 0.407 e. The predicted molar refractivity (Wildman–Crippen MR) is 390 cm³/mol. The van der Waals surface area contributed by atoms with Crippen molar-refractivity contribution < 1.29 is 73.9 Å². The Balaban J connectivity index is 0.613. The summed E-state index contributed by atoms with van der Waals surface area (Å²) in [4.78, 5) is 54.6. The second-order valence-electron chi connectivity index (χ2n) is 27.9. The Hall–Kier alpha value is -5.70. The number of amides is 6. The Morgan fingerprint density at radius 2 is 0.873 bits per heavy atom. The highest BCUT2D eigenvalue weighted by atomic mass is 35.5. The van der Waals surface area contributed by atoms with Crippen molar-refractivity contribution in [2.24, 2.45) is 0 Å². The van der Waals surface area contributed by atoms with E-state index in [-0.39, 0.29) is 112 Å².